The lowest BCUT2D eigenvalue weighted by molar-refractivity contribution is 0.214. The van der Waals surface area contributed by atoms with Crippen molar-refractivity contribution in [3.63, 3.8) is 0 Å². The van der Waals surface area contributed by atoms with Gasteiger partial charge < -0.3 is 15.0 Å². The Morgan fingerprint density at radius 1 is 1.29 bits per heavy atom. The average molecular weight is 289 g/mol. The van der Waals surface area contributed by atoms with Crippen molar-refractivity contribution in [2.24, 2.45) is 5.73 Å². The highest BCUT2D eigenvalue weighted by atomic mass is 16.5. The van der Waals surface area contributed by atoms with E-state index in [4.69, 9.17) is 15.0 Å². The van der Waals surface area contributed by atoms with Crippen molar-refractivity contribution >= 4 is 0 Å². The van der Waals surface area contributed by atoms with Crippen LogP contribution in [0.1, 0.15) is 37.3 Å². The maximum absolute atomic E-state index is 5.98. The molecular weight excluding hydrogens is 266 g/mol. The van der Waals surface area contributed by atoms with Gasteiger partial charge in [0.15, 0.2) is 0 Å². The predicted octanol–water partition coefficient (Wildman–Crippen LogP) is 3.03. The number of benzene rings is 1. The Morgan fingerprint density at radius 3 is 2.52 bits per heavy atom. The molecule has 0 aliphatic carbocycles. The second-order valence-corrected chi connectivity index (χ2v) is 5.33. The van der Waals surface area contributed by atoms with Crippen molar-refractivity contribution < 1.29 is 9.26 Å². The molecule has 2 rings (SSSR count). The van der Waals surface area contributed by atoms with Gasteiger partial charge in [0.05, 0.1) is 6.10 Å². The van der Waals surface area contributed by atoms with Crippen LogP contribution in [0, 0.1) is 13.8 Å². The summed E-state index contributed by atoms with van der Waals surface area (Å²) in [5.41, 5.74) is 8.59. The molecule has 114 valence electrons. The summed E-state index contributed by atoms with van der Waals surface area (Å²) < 4.78 is 11.2. The number of hydrogen-bond acceptors (Lipinski definition) is 5. The van der Waals surface area contributed by atoms with Crippen molar-refractivity contribution in [2.75, 3.05) is 6.54 Å². The summed E-state index contributed by atoms with van der Waals surface area (Å²) in [5.74, 6) is 2.11. The van der Waals surface area contributed by atoms with Gasteiger partial charge in [0, 0.05) is 18.5 Å². The van der Waals surface area contributed by atoms with E-state index in [0.717, 1.165) is 28.9 Å². The summed E-state index contributed by atoms with van der Waals surface area (Å²) >= 11 is 0. The van der Waals surface area contributed by atoms with Crippen LogP contribution in [0.5, 0.6) is 5.75 Å². The summed E-state index contributed by atoms with van der Waals surface area (Å²) in [6, 6.07) is 4.06. The number of nitrogens with two attached hydrogens (primary N) is 1. The van der Waals surface area contributed by atoms with Gasteiger partial charge in [0.2, 0.25) is 11.7 Å². The summed E-state index contributed by atoms with van der Waals surface area (Å²) in [6.07, 6.45) is 1.78. The van der Waals surface area contributed by atoms with Crippen LogP contribution in [0.3, 0.4) is 0 Å². The maximum atomic E-state index is 5.98. The number of nitrogens with zero attached hydrogens (tertiary/aromatic N) is 2. The molecule has 1 aromatic heterocycles. The van der Waals surface area contributed by atoms with Gasteiger partial charge in [0.25, 0.3) is 0 Å². The van der Waals surface area contributed by atoms with Crippen LogP contribution < -0.4 is 10.5 Å². The predicted molar refractivity (Wildman–Crippen MR) is 82.3 cm³/mol. The van der Waals surface area contributed by atoms with E-state index in [2.05, 4.69) is 24.0 Å². The van der Waals surface area contributed by atoms with Crippen molar-refractivity contribution in [1.29, 1.82) is 0 Å². The van der Waals surface area contributed by atoms with Gasteiger partial charge in [-0.3, -0.25) is 0 Å². The van der Waals surface area contributed by atoms with Gasteiger partial charge >= 0.3 is 0 Å². The highest BCUT2D eigenvalue weighted by Gasteiger charge is 2.13. The second kappa shape index (κ2) is 6.72. The lowest BCUT2D eigenvalue weighted by atomic mass is 10.0. The lowest BCUT2D eigenvalue weighted by Gasteiger charge is -2.17. The molecule has 0 saturated heterocycles. The van der Waals surface area contributed by atoms with E-state index in [1.165, 1.54) is 0 Å². The Balaban J connectivity index is 2.29. The number of aryl methyl sites for hydroxylation is 2. The third-order valence-corrected chi connectivity index (χ3v) is 3.44. The fraction of sp³-hybridized carbons (Fsp3) is 0.500. The molecule has 21 heavy (non-hydrogen) atoms. The molecule has 1 heterocycles. The zero-order valence-corrected chi connectivity index (χ0v) is 13.1. The smallest absolute Gasteiger partial charge is 0.228 e. The Morgan fingerprint density at radius 2 is 1.95 bits per heavy atom. The minimum atomic E-state index is 0.203. The third-order valence-electron chi connectivity index (χ3n) is 3.44. The van der Waals surface area contributed by atoms with E-state index in [9.17, 15) is 0 Å². The highest BCUT2D eigenvalue weighted by molar-refractivity contribution is 5.61. The van der Waals surface area contributed by atoms with Gasteiger partial charge in [-0.25, -0.2) is 0 Å². The molecule has 0 spiro atoms. The van der Waals surface area contributed by atoms with Gasteiger partial charge in [-0.1, -0.05) is 12.1 Å². The Kier molecular flexibility index (Phi) is 4.96. The fourth-order valence-electron chi connectivity index (χ4n) is 2.15. The first kappa shape index (κ1) is 15.5. The first-order chi connectivity index (χ1) is 10.0. The number of hydrogen-bond donors (Lipinski definition) is 1. The van der Waals surface area contributed by atoms with Crippen LogP contribution in [0.4, 0.5) is 0 Å². The molecule has 2 N–H and O–H groups in total. The zero-order valence-electron chi connectivity index (χ0n) is 13.1. The van der Waals surface area contributed by atoms with Crippen LogP contribution in [0.2, 0.25) is 0 Å². The van der Waals surface area contributed by atoms with E-state index in [1.54, 1.807) is 0 Å². The Bertz CT molecular complexity index is 584. The number of rotatable bonds is 6. The van der Waals surface area contributed by atoms with Crippen LogP contribution in [0.15, 0.2) is 16.7 Å². The molecule has 2 aromatic rings. The molecule has 0 aliphatic rings. The molecule has 0 fully saturated rings. The van der Waals surface area contributed by atoms with Gasteiger partial charge in [-0.2, -0.15) is 4.98 Å². The minimum absolute atomic E-state index is 0.203. The topological polar surface area (TPSA) is 74.2 Å². The van der Waals surface area contributed by atoms with E-state index in [-0.39, 0.29) is 6.10 Å². The third kappa shape index (κ3) is 3.61. The van der Waals surface area contributed by atoms with Gasteiger partial charge in [-0.05, 0) is 50.5 Å². The standard InChI is InChI=1S/C16H23N3O2/c1-5-12(4)20-15-10(2)8-13(9-11(15)3)16-18-14(6-7-17)21-19-16/h8-9,12H,5-7,17H2,1-4H3/t12-/m0/s1. The zero-order chi connectivity index (χ0) is 15.4. The first-order valence-electron chi connectivity index (χ1n) is 7.36. The van der Waals surface area contributed by atoms with Crippen molar-refractivity contribution in [3.05, 3.63) is 29.2 Å². The summed E-state index contributed by atoms with van der Waals surface area (Å²) in [7, 11) is 0. The Labute approximate surface area is 125 Å². The summed E-state index contributed by atoms with van der Waals surface area (Å²) in [4.78, 5) is 4.36. The van der Waals surface area contributed by atoms with Crippen molar-refractivity contribution in [3.8, 4) is 17.1 Å². The maximum Gasteiger partial charge on any atom is 0.228 e. The van der Waals surface area contributed by atoms with Crippen LogP contribution in [-0.4, -0.2) is 22.8 Å². The molecule has 1 atom stereocenters. The van der Waals surface area contributed by atoms with E-state index >= 15 is 0 Å². The molecule has 5 heteroatoms. The monoisotopic (exact) mass is 289 g/mol. The normalized spacial score (nSPS) is 12.4. The van der Waals surface area contributed by atoms with Crippen LogP contribution in [-0.2, 0) is 6.42 Å². The first-order valence-corrected chi connectivity index (χ1v) is 7.36. The average Bonchev–Trinajstić information content (AvgIpc) is 2.91. The largest absolute Gasteiger partial charge is 0.490 e. The number of ether oxygens (including phenoxy) is 1. The fourth-order valence-corrected chi connectivity index (χ4v) is 2.15. The van der Waals surface area contributed by atoms with Crippen molar-refractivity contribution in [2.45, 2.75) is 46.6 Å². The summed E-state index contributed by atoms with van der Waals surface area (Å²) in [5, 5.41) is 4.01. The molecule has 5 nitrogen and oxygen atoms in total. The molecule has 1 aromatic carbocycles. The minimum Gasteiger partial charge on any atom is -0.490 e. The van der Waals surface area contributed by atoms with E-state index in [0.29, 0.717) is 24.7 Å². The quantitative estimate of drug-likeness (QED) is 0.884. The molecular formula is C16H23N3O2. The van der Waals surface area contributed by atoms with Crippen LogP contribution >= 0.6 is 0 Å². The van der Waals surface area contributed by atoms with E-state index < -0.39 is 0 Å². The molecule has 0 bridgehead atoms. The molecule has 0 amide bonds. The van der Waals surface area contributed by atoms with Crippen molar-refractivity contribution in [1.82, 2.24) is 10.1 Å². The Hall–Kier alpha value is -1.88. The van der Waals surface area contributed by atoms with Gasteiger partial charge in [0.1, 0.15) is 5.75 Å². The summed E-state index contributed by atoms with van der Waals surface area (Å²) in [6.45, 7) is 8.76. The number of aromatic nitrogens is 2. The van der Waals surface area contributed by atoms with E-state index in [1.807, 2.05) is 26.0 Å². The van der Waals surface area contributed by atoms with Crippen LogP contribution in [0.25, 0.3) is 11.4 Å². The molecule has 0 aliphatic heterocycles. The molecule has 0 saturated carbocycles. The highest BCUT2D eigenvalue weighted by Crippen LogP contribution is 2.30. The second-order valence-electron chi connectivity index (χ2n) is 5.33. The molecule has 0 radical (unpaired) electrons. The molecule has 0 unspecified atom stereocenters. The van der Waals surface area contributed by atoms with Gasteiger partial charge in [-0.15, -0.1) is 0 Å². The SMILES string of the molecule is CC[C@H](C)Oc1c(C)cc(-c2noc(CCN)n2)cc1C. The lowest BCUT2D eigenvalue weighted by Crippen LogP contribution is -2.11.